The highest BCUT2D eigenvalue weighted by atomic mass is 127. The smallest absolute Gasteiger partial charge is 0.410 e. The van der Waals surface area contributed by atoms with E-state index in [-0.39, 0.29) is 11.7 Å². The van der Waals surface area contributed by atoms with Crippen LogP contribution in [0.1, 0.15) is 33.6 Å². The average molecular weight is 352 g/mol. The van der Waals surface area contributed by atoms with Gasteiger partial charge in [-0.05, 0) is 45.4 Å². The van der Waals surface area contributed by atoms with E-state index < -0.39 is 0 Å². The van der Waals surface area contributed by atoms with Gasteiger partial charge >= 0.3 is 6.09 Å². The SMILES string of the molecule is CC(C)(C)OC(=O)N1CC2C[C@H](NI)C[C@@H]2C1. The van der Waals surface area contributed by atoms with Crippen molar-refractivity contribution in [2.24, 2.45) is 11.8 Å². The lowest BCUT2D eigenvalue weighted by Crippen LogP contribution is -2.36. The number of rotatable bonds is 1. The van der Waals surface area contributed by atoms with Crippen molar-refractivity contribution >= 4 is 29.0 Å². The fraction of sp³-hybridized carbons (Fsp3) is 0.917. The summed E-state index contributed by atoms with van der Waals surface area (Å²) in [6, 6.07) is 0.631. The van der Waals surface area contributed by atoms with Crippen LogP contribution >= 0.6 is 22.9 Å². The molecule has 98 valence electrons. The molecule has 17 heavy (non-hydrogen) atoms. The Morgan fingerprint density at radius 3 is 2.24 bits per heavy atom. The Balaban J connectivity index is 1.86. The second kappa shape index (κ2) is 4.91. The van der Waals surface area contributed by atoms with E-state index in [1.165, 1.54) is 12.8 Å². The van der Waals surface area contributed by atoms with Crippen molar-refractivity contribution in [2.75, 3.05) is 13.1 Å². The summed E-state index contributed by atoms with van der Waals surface area (Å²) in [6.45, 7) is 7.48. The maximum Gasteiger partial charge on any atom is 0.410 e. The van der Waals surface area contributed by atoms with E-state index in [1.807, 2.05) is 25.7 Å². The molecule has 1 saturated carbocycles. The van der Waals surface area contributed by atoms with Gasteiger partial charge in [-0.3, -0.25) is 3.53 Å². The molecule has 1 amide bonds. The van der Waals surface area contributed by atoms with Crippen molar-refractivity contribution in [1.82, 2.24) is 8.43 Å². The van der Waals surface area contributed by atoms with Crippen LogP contribution in [0.3, 0.4) is 0 Å². The van der Waals surface area contributed by atoms with Crippen molar-refractivity contribution in [3.63, 3.8) is 0 Å². The standard InChI is InChI=1S/C12H21IN2O2/c1-12(2,3)17-11(16)15-6-8-4-10(14-13)5-9(8)7-15/h8-10,14H,4-7H2,1-3H3/t8-,9?,10-/m1/s1. The fourth-order valence-corrected chi connectivity index (χ4v) is 3.37. The first-order valence-electron chi connectivity index (χ1n) is 6.23. The third kappa shape index (κ3) is 3.24. The predicted octanol–water partition coefficient (Wildman–Crippen LogP) is 2.57. The van der Waals surface area contributed by atoms with Gasteiger partial charge in [0, 0.05) is 42.0 Å². The van der Waals surface area contributed by atoms with Crippen molar-refractivity contribution in [2.45, 2.75) is 45.3 Å². The van der Waals surface area contributed by atoms with Crippen LogP contribution in [0.5, 0.6) is 0 Å². The molecule has 1 N–H and O–H groups in total. The highest BCUT2D eigenvalue weighted by Crippen LogP contribution is 2.38. The van der Waals surface area contributed by atoms with Crippen LogP contribution in [-0.2, 0) is 4.74 Å². The van der Waals surface area contributed by atoms with E-state index in [0.29, 0.717) is 17.9 Å². The maximum absolute atomic E-state index is 11.9. The summed E-state index contributed by atoms with van der Waals surface area (Å²) in [4.78, 5) is 13.8. The first-order chi connectivity index (χ1) is 7.89. The maximum atomic E-state index is 11.9. The molecule has 1 heterocycles. The second-order valence-corrected chi connectivity index (χ2v) is 6.81. The summed E-state index contributed by atoms with van der Waals surface area (Å²) in [5, 5.41) is 0. The highest BCUT2D eigenvalue weighted by molar-refractivity contribution is 14.1. The molecular weight excluding hydrogens is 331 g/mol. The number of carbonyl (C=O) groups is 1. The topological polar surface area (TPSA) is 41.6 Å². The number of carbonyl (C=O) groups excluding carboxylic acids is 1. The van der Waals surface area contributed by atoms with E-state index in [4.69, 9.17) is 4.74 Å². The molecule has 2 fully saturated rings. The van der Waals surface area contributed by atoms with Crippen LogP contribution in [0, 0.1) is 11.8 Å². The number of likely N-dealkylation sites (tertiary alicyclic amines) is 1. The Morgan fingerprint density at radius 2 is 1.82 bits per heavy atom. The van der Waals surface area contributed by atoms with Crippen LogP contribution in [0.4, 0.5) is 4.79 Å². The minimum absolute atomic E-state index is 0.147. The molecule has 0 aromatic carbocycles. The molecule has 0 aromatic rings. The lowest BCUT2D eigenvalue weighted by atomic mass is 10.0. The van der Waals surface area contributed by atoms with Crippen LogP contribution in [0.15, 0.2) is 0 Å². The Hall–Kier alpha value is -0.0400. The van der Waals surface area contributed by atoms with Gasteiger partial charge in [0.2, 0.25) is 0 Å². The summed E-state index contributed by atoms with van der Waals surface area (Å²) < 4.78 is 8.72. The van der Waals surface area contributed by atoms with Gasteiger partial charge in [0.15, 0.2) is 0 Å². The largest absolute Gasteiger partial charge is 0.444 e. The Bertz CT molecular complexity index is 289. The van der Waals surface area contributed by atoms with Crippen molar-refractivity contribution in [3.8, 4) is 0 Å². The predicted molar refractivity (Wildman–Crippen MR) is 75.0 cm³/mol. The summed E-state index contributed by atoms with van der Waals surface area (Å²) in [5.41, 5.74) is -0.388. The molecule has 0 bridgehead atoms. The number of nitrogens with zero attached hydrogens (tertiary/aromatic N) is 1. The van der Waals surface area contributed by atoms with Gasteiger partial charge < -0.3 is 9.64 Å². The molecule has 1 aliphatic heterocycles. The molecule has 0 aromatic heterocycles. The van der Waals surface area contributed by atoms with E-state index in [0.717, 1.165) is 13.1 Å². The van der Waals surface area contributed by atoms with Crippen molar-refractivity contribution in [1.29, 1.82) is 0 Å². The van der Waals surface area contributed by atoms with Gasteiger partial charge in [-0.1, -0.05) is 0 Å². The molecule has 1 unspecified atom stereocenters. The Morgan fingerprint density at radius 1 is 1.29 bits per heavy atom. The third-order valence-electron chi connectivity index (χ3n) is 3.56. The number of nitrogens with one attached hydrogen (secondary N) is 1. The molecule has 5 heteroatoms. The molecule has 0 spiro atoms. The van der Waals surface area contributed by atoms with Crippen LogP contribution in [0.25, 0.3) is 0 Å². The molecule has 2 rings (SSSR count). The average Bonchev–Trinajstić information content (AvgIpc) is 2.70. The Labute approximate surface area is 117 Å². The molecule has 0 radical (unpaired) electrons. The third-order valence-corrected chi connectivity index (χ3v) is 4.44. The molecule has 1 aliphatic carbocycles. The molecule has 1 saturated heterocycles. The monoisotopic (exact) mass is 352 g/mol. The lowest BCUT2D eigenvalue weighted by Gasteiger charge is -2.25. The zero-order valence-corrected chi connectivity index (χ0v) is 12.9. The number of hydrogen-bond acceptors (Lipinski definition) is 3. The van der Waals surface area contributed by atoms with Gasteiger partial charge in [-0.2, -0.15) is 0 Å². The summed E-state index contributed by atoms with van der Waals surface area (Å²) in [6.07, 6.45) is 2.23. The number of fused-ring (bicyclic) bond motifs is 1. The first kappa shape index (κ1) is 13.4. The second-order valence-electron chi connectivity index (χ2n) is 6.18. The zero-order valence-electron chi connectivity index (χ0n) is 10.7. The molecule has 4 nitrogen and oxygen atoms in total. The van der Waals surface area contributed by atoms with Crippen LogP contribution in [0.2, 0.25) is 0 Å². The van der Waals surface area contributed by atoms with Crippen LogP contribution < -0.4 is 3.53 Å². The van der Waals surface area contributed by atoms with Gasteiger partial charge in [0.1, 0.15) is 5.60 Å². The van der Waals surface area contributed by atoms with Gasteiger partial charge in [0.05, 0.1) is 0 Å². The summed E-state index contributed by atoms with van der Waals surface area (Å²) >= 11 is 2.23. The van der Waals surface area contributed by atoms with Crippen molar-refractivity contribution < 1.29 is 9.53 Å². The number of halogens is 1. The van der Waals surface area contributed by atoms with Gasteiger partial charge in [-0.15, -0.1) is 0 Å². The number of ether oxygens (including phenoxy) is 1. The quantitative estimate of drug-likeness (QED) is 0.583. The molecular formula is C12H21IN2O2. The van der Waals surface area contributed by atoms with Crippen molar-refractivity contribution in [3.05, 3.63) is 0 Å². The van der Waals surface area contributed by atoms with Gasteiger partial charge in [0.25, 0.3) is 0 Å². The van der Waals surface area contributed by atoms with E-state index >= 15 is 0 Å². The number of amides is 1. The zero-order chi connectivity index (χ0) is 12.6. The fourth-order valence-electron chi connectivity index (χ4n) is 2.86. The van der Waals surface area contributed by atoms with Crippen LogP contribution in [-0.4, -0.2) is 35.7 Å². The molecule has 3 atom stereocenters. The minimum atomic E-state index is -0.388. The minimum Gasteiger partial charge on any atom is -0.444 e. The van der Waals surface area contributed by atoms with Gasteiger partial charge in [-0.25, -0.2) is 4.79 Å². The normalized spacial score (nSPS) is 32.7. The van der Waals surface area contributed by atoms with E-state index in [1.54, 1.807) is 0 Å². The van der Waals surface area contributed by atoms with E-state index in [2.05, 4.69) is 26.4 Å². The van der Waals surface area contributed by atoms with E-state index in [9.17, 15) is 4.79 Å². The first-order valence-corrected chi connectivity index (χ1v) is 7.31. The summed E-state index contributed by atoms with van der Waals surface area (Å²) in [5.74, 6) is 1.32. The number of hydrogen-bond donors (Lipinski definition) is 1. The highest BCUT2D eigenvalue weighted by Gasteiger charge is 2.42. The Kier molecular flexibility index (Phi) is 3.87. The molecule has 2 aliphatic rings. The summed E-state index contributed by atoms with van der Waals surface area (Å²) in [7, 11) is 0. The lowest BCUT2D eigenvalue weighted by molar-refractivity contribution is 0.0279.